The van der Waals surface area contributed by atoms with E-state index in [0.29, 0.717) is 12.5 Å². The van der Waals surface area contributed by atoms with Crippen LogP contribution in [-0.4, -0.2) is 45.7 Å². The molecule has 1 fully saturated rings. The van der Waals surface area contributed by atoms with Crippen molar-refractivity contribution < 1.29 is 22.6 Å². The fourth-order valence-electron chi connectivity index (χ4n) is 1.38. The summed E-state index contributed by atoms with van der Waals surface area (Å²) in [6.07, 6.45) is -3.20. The van der Waals surface area contributed by atoms with Crippen molar-refractivity contribution in [1.29, 1.82) is 0 Å². The van der Waals surface area contributed by atoms with Gasteiger partial charge in [0.1, 0.15) is 6.61 Å². The minimum absolute atomic E-state index is 0.0904. The number of ether oxygens (including phenoxy) is 2. The Balaban J connectivity index is 1.84. The number of hydrogen-bond donors (Lipinski definition) is 1. The van der Waals surface area contributed by atoms with E-state index in [1.807, 2.05) is 0 Å². The summed E-state index contributed by atoms with van der Waals surface area (Å²) >= 11 is 0. The van der Waals surface area contributed by atoms with E-state index >= 15 is 0 Å². The van der Waals surface area contributed by atoms with E-state index in [-0.39, 0.29) is 6.61 Å². The molecule has 1 unspecified atom stereocenters. The van der Waals surface area contributed by atoms with Gasteiger partial charge in [0.2, 0.25) is 0 Å². The Labute approximate surface area is 86.9 Å². The van der Waals surface area contributed by atoms with Crippen molar-refractivity contribution in [2.24, 2.45) is 5.92 Å². The molecular weight excluding hydrogens is 211 g/mol. The van der Waals surface area contributed by atoms with Crippen molar-refractivity contribution in [3.63, 3.8) is 0 Å². The van der Waals surface area contributed by atoms with Crippen LogP contribution >= 0.6 is 0 Å². The maximum atomic E-state index is 11.6. The molecule has 1 atom stereocenters. The molecule has 0 radical (unpaired) electrons. The lowest BCUT2D eigenvalue weighted by Crippen LogP contribution is -2.28. The monoisotopic (exact) mass is 227 g/mol. The molecule has 0 amide bonds. The molecule has 1 heterocycles. The van der Waals surface area contributed by atoms with E-state index in [1.54, 1.807) is 0 Å². The average Bonchev–Trinajstić information content (AvgIpc) is 2.61. The molecule has 1 saturated heterocycles. The first-order valence-electron chi connectivity index (χ1n) is 5.01. The molecule has 1 N–H and O–H groups in total. The van der Waals surface area contributed by atoms with Crippen LogP contribution in [0.5, 0.6) is 0 Å². The van der Waals surface area contributed by atoms with Gasteiger partial charge in [-0.15, -0.1) is 0 Å². The Morgan fingerprint density at radius 3 is 2.80 bits per heavy atom. The van der Waals surface area contributed by atoms with Gasteiger partial charge < -0.3 is 14.8 Å². The maximum Gasteiger partial charge on any atom is 0.411 e. The van der Waals surface area contributed by atoms with Crippen LogP contribution < -0.4 is 5.32 Å². The summed E-state index contributed by atoms with van der Waals surface area (Å²) in [6.45, 7) is 1.70. The van der Waals surface area contributed by atoms with Gasteiger partial charge in [-0.25, -0.2) is 0 Å². The van der Waals surface area contributed by atoms with Gasteiger partial charge in [-0.1, -0.05) is 0 Å². The zero-order valence-electron chi connectivity index (χ0n) is 8.48. The van der Waals surface area contributed by atoms with Gasteiger partial charge in [-0.05, 0) is 12.3 Å². The van der Waals surface area contributed by atoms with Crippen LogP contribution in [0, 0.1) is 5.92 Å². The third kappa shape index (κ3) is 6.70. The topological polar surface area (TPSA) is 30.5 Å². The first kappa shape index (κ1) is 12.7. The van der Waals surface area contributed by atoms with Gasteiger partial charge in [0.25, 0.3) is 0 Å². The second-order valence-electron chi connectivity index (χ2n) is 3.60. The summed E-state index contributed by atoms with van der Waals surface area (Å²) in [6, 6.07) is 0. The Hall–Kier alpha value is -0.330. The summed E-state index contributed by atoms with van der Waals surface area (Å²) in [5, 5.41) is 3.04. The molecule has 0 aromatic carbocycles. The number of hydrogen-bond acceptors (Lipinski definition) is 3. The molecule has 0 spiro atoms. The SMILES string of the molecule is FC(F)(F)COCCNCC1CCOC1. The van der Waals surface area contributed by atoms with Crippen LogP contribution in [0.25, 0.3) is 0 Å². The highest BCUT2D eigenvalue weighted by molar-refractivity contribution is 4.66. The van der Waals surface area contributed by atoms with Crippen LogP contribution in [0.1, 0.15) is 6.42 Å². The first-order valence-corrected chi connectivity index (χ1v) is 5.01. The Kier molecular flexibility index (Phi) is 5.35. The van der Waals surface area contributed by atoms with Gasteiger partial charge in [0.05, 0.1) is 13.2 Å². The normalized spacial score (nSPS) is 22.2. The predicted molar refractivity (Wildman–Crippen MR) is 48.7 cm³/mol. The molecule has 6 heteroatoms. The highest BCUT2D eigenvalue weighted by atomic mass is 19.4. The Morgan fingerprint density at radius 2 is 2.20 bits per heavy atom. The van der Waals surface area contributed by atoms with Crippen LogP contribution in [0.15, 0.2) is 0 Å². The highest BCUT2D eigenvalue weighted by Crippen LogP contribution is 2.14. The summed E-state index contributed by atoms with van der Waals surface area (Å²) < 4.78 is 44.5. The molecule has 3 nitrogen and oxygen atoms in total. The summed E-state index contributed by atoms with van der Waals surface area (Å²) in [5.74, 6) is 0.493. The minimum Gasteiger partial charge on any atom is -0.381 e. The number of nitrogens with one attached hydrogen (secondary N) is 1. The van der Waals surface area contributed by atoms with Crippen molar-refractivity contribution in [2.75, 3.05) is 39.5 Å². The minimum atomic E-state index is -4.22. The molecule has 1 aliphatic heterocycles. The van der Waals surface area contributed by atoms with E-state index in [1.165, 1.54) is 0 Å². The zero-order chi connectivity index (χ0) is 11.1. The van der Waals surface area contributed by atoms with Crippen molar-refractivity contribution in [3.05, 3.63) is 0 Å². The molecule has 0 saturated carbocycles. The van der Waals surface area contributed by atoms with Crippen molar-refractivity contribution in [1.82, 2.24) is 5.32 Å². The molecule has 1 rings (SSSR count). The van der Waals surface area contributed by atoms with Gasteiger partial charge in [-0.2, -0.15) is 13.2 Å². The molecule has 0 aromatic rings. The smallest absolute Gasteiger partial charge is 0.381 e. The van der Waals surface area contributed by atoms with E-state index in [9.17, 15) is 13.2 Å². The second-order valence-corrected chi connectivity index (χ2v) is 3.60. The third-order valence-electron chi connectivity index (χ3n) is 2.15. The molecule has 15 heavy (non-hydrogen) atoms. The lowest BCUT2D eigenvalue weighted by molar-refractivity contribution is -0.173. The molecule has 0 bridgehead atoms. The number of halogens is 3. The second kappa shape index (κ2) is 6.30. The number of rotatable bonds is 6. The standard InChI is InChI=1S/C9H16F3NO2/c10-9(11,12)7-15-4-2-13-5-8-1-3-14-6-8/h8,13H,1-7H2. The first-order chi connectivity index (χ1) is 7.08. The Bertz CT molecular complexity index is 169. The lowest BCUT2D eigenvalue weighted by Gasteiger charge is -2.10. The predicted octanol–water partition coefficient (Wildman–Crippen LogP) is 1.19. The third-order valence-corrected chi connectivity index (χ3v) is 2.15. The van der Waals surface area contributed by atoms with Gasteiger partial charge in [0, 0.05) is 19.7 Å². The number of alkyl halides is 3. The van der Waals surface area contributed by atoms with Crippen LogP contribution in [0.4, 0.5) is 13.2 Å². The molecule has 1 aliphatic rings. The molecule has 0 aromatic heterocycles. The molecule has 0 aliphatic carbocycles. The van der Waals surface area contributed by atoms with Gasteiger partial charge in [0.15, 0.2) is 0 Å². The van der Waals surface area contributed by atoms with Crippen molar-refractivity contribution >= 4 is 0 Å². The highest BCUT2D eigenvalue weighted by Gasteiger charge is 2.27. The van der Waals surface area contributed by atoms with E-state index in [0.717, 1.165) is 26.2 Å². The van der Waals surface area contributed by atoms with Crippen LogP contribution in [0.2, 0.25) is 0 Å². The largest absolute Gasteiger partial charge is 0.411 e. The van der Waals surface area contributed by atoms with Crippen molar-refractivity contribution in [3.8, 4) is 0 Å². The fourth-order valence-corrected chi connectivity index (χ4v) is 1.38. The van der Waals surface area contributed by atoms with E-state index < -0.39 is 12.8 Å². The van der Waals surface area contributed by atoms with Crippen LogP contribution in [0.3, 0.4) is 0 Å². The Morgan fingerprint density at radius 1 is 1.40 bits per heavy atom. The van der Waals surface area contributed by atoms with E-state index in [2.05, 4.69) is 10.1 Å². The lowest BCUT2D eigenvalue weighted by atomic mass is 10.1. The quantitative estimate of drug-likeness (QED) is 0.691. The summed E-state index contributed by atoms with van der Waals surface area (Å²) in [7, 11) is 0. The molecule has 90 valence electrons. The molecular formula is C9H16F3NO2. The van der Waals surface area contributed by atoms with Gasteiger partial charge in [-0.3, -0.25) is 0 Å². The maximum absolute atomic E-state index is 11.6. The van der Waals surface area contributed by atoms with Crippen molar-refractivity contribution in [2.45, 2.75) is 12.6 Å². The summed E-state index contributed by atoms with van der Waals surface area (Å²) in [5.41, 5.74) is 0. The zero-order valence-corrected chi connectivity index (χ0v) is 8.48. The van der Waals surface area contributed by atoms with Crippen LogP contribution in [-0.2, 0) is 9.47 Å². The van der Waals surface area contributed by atoms with E-state index in [4.69, 9.17) is 4.74 Å². The summed E-state index contributed by atoms with van der Waals surface area (Å²) in [4.78, 5) is 0. The average molecular weight is 227 g/mol. The fraction of sp³-hybridized carbons (Fsp3) is 1.00. The van der Waals surface area contributed by atoms with Gasteiger partial charge >= 0.3 is 6.18 Å².